The maximum Gasteiger partial charge on any atom is 0.253 e. The molecular weight excluding hydrogens is 350 g/mol. The lowest BCUT2D eigenvalue weighted by Gasteiger charge is -2.09. The van der Waals surface area contributed by atoms with E-state index in [4.69, 9.17) is 0 Å². The van der Waals surface area contributed by atoms with Crippen molar-refractivity contribution in [2.45, 2.75) is 26.7 Å². The number of benzene rings is 1. The van der Waals surface area contributed by atoms with Crippen LogP contribution in [0, 0.1) is 13.8 Å². The van der Waals surface area contributed by atoms with Gasteiger partial charge in [0.05, 0.1) is 16.6 Å². The summed E-state index contributed by atoms with van der Waals surface area (Å²) in [7, 11) is 0. The number of aromatic nitrogens is 4. The molecule has 3 heterocycles. The molecule has 0 aliphatic carbocycles. The van der Waals surface area contributed by atoms with Gasteiger partial charge in [0.25, 0.3) is 5.91 Å². The van der Waals surface area contributed by atoms with Gasteiger partial charge in [0.1, 0.15) is 11.6 Å². The second kappa shape index (κ2) is 7.68. The fourth-order valence-electron chi connectivity index (χ4n) is 3.51. The van der Waals surface area contributed by atoms with Crippen LogP contribution >= 0.6 is 0 Å². The Bertz CT molecular complexity index is 1080. The Kier molecular flexibility index (Phi) is 4.93. The molecule has 0 bridgehead atoms. The molecule has 4 rings (SSSR count). The monoisotopic (exact) mass is 373 g/mol. The van der Waals surface area contributed by atoms with E-state index in [0.717, 1.165) is 46.9 Å². The van der Waals surface area contributed by atoms with E-state index in [1.807, 2.05) is 66.9 Å². The zero-order valence-corrected chi connectivity index (χ0v) is 16.1. The van der Waals surface area contributed by atoms with E-state index in [1.54, 1.807) is 6.20 Å². The van der Waals surface area contributed by atoms with Crippen molar-refractivity contribution in [3.8, 4) is 5.82 Å². The lowest BCUT2D eigenvalue weighted by Crippen LogP contribution is -2.25. The number of H-pyrrole nitrogens is 1. The van der Waals surface area contributed by atoms with Crippen LogP contribution in [0.1, 0.15) is 34.0 Å². The van der Waals surface area contributed by atoms with Crippen molar-refractivity contribution < 1.29 is 4.79 Å². The standard InChI is InChI=1S/C22H23N5O/c1-15-14-17(16(2)27(15)21-11-5-6-12-23-21)22(28)24-13-7-10-20-25-18-8-3-4-9-19(18)26-20/h3-6,8-9,11-12,14H,7,10,13H2,1-2H3,(H,24,28)(H,25,26). The zero-order valence-electron chi connectivity index (χ0n) is 16.1. The van der Waals surface area contributed by atoms with E-state index in [-0.39, 0.29) is 5.91 Å². The molecule has 1 amide bonds. The molecule has 0 spiro atoms. The van der Waals surface area contributed by atoms with Crippen molar-refractivity contribution >= 4 is 16.9 Å². The predicted octanol–water partition coefficient (Wildman–Crippen LogP) is 3.73. The highest BCUT2D eigenvalue weighted by Crippen LogP contribution is 2.19. The van der Waals surface area contributed by atoms with Crippen LogP contribution in [0.3, 0.4) is 0 Å². The summed E-state index contributed by atoms with van der Waals surface area (Å²) in [5.74, 6) is 1.71. The molecule has 3 aromatic heterocycles. The number of imidazole rings is 1. The van der Waals surface area contributed by atoms with E-state index in [2.05, 4.69) is 20.3 Å². The van der Waals surface area contributed by atoms with E-state index >= 15 is 0 Å². The van der Waals surface area contributed by atoms with Crippen molar-refractivity contribution in [3.05, 3.63) is 77.5 Å². The number of amides is 1. The minimum Gasteiger partial charge on any atom is -0.352 e. The van der Waals surface area contributed by atoms with Crippen LogP contribution in [-0.2, 0) is 6.42 Å². The fraction of sp³-hybridized carbons (Fsp3) is 0.227. The van der Waals surface area contributed by atoms with Gasteiger partial charge in [-0.15, -0.1) is 0 Å². The Labute approximate surface area is 163 Å². The topological polar surface area (TPSA) is 75.6 Å². The van der Waals surface area contributed by atoms with Crippen LogP contribution in [0.2, 0.25) is 0 Å². The summed E-state index contributed by atoms with van der Waals surface area (Å²) in [5.41, 5.74) is 4.59. The average molecular weight is 373 g/mol. The molecule has 0 saturated carbocycles. The SMILES string of the molecule is Cc1cc(C(=O)NCCCc2nc3ccccc3[nH]2)c(C)n1-c1ccccn1. The number of fused-ring (bicyclic) bond motifs is 1. The lowest BCUT2D eigenvalue weighted by atomic mass is 10.2. The molecule has 6 nitrogen and oxygen atoms in total. The first-order valence-corrected chi connectivity index (χ1v) is 9.45. The normalized spacial score (nSPS) is 11.1. The van der Waals surface area contributed by atoms with Gasteiger partial charge in [-0.2, -0.15) is 0 Å². The minimum atomic E-state index is -0.0557. The van der Waals surface area contributed by atoms with E-state index < -0.39 is 0 Å². The molecule has 2 N–H and O–H groups in total. The molecule has 28 heavy (non-hydrogen) atoms. The molecule has 0 aliphatic heterocycles. The van der Waals surface area contributed by atoms with Crippen LogP contribution in [-0.4, -0.2) is 32.0 Å². The lowest BCUT2D eigenvalue weighted by molar-refractivity contribution is 0.0952. The summed E-state index contributed by atoms with van der Waals surface area (Å²) in [6, 6.07) is 15.7. The van der Waals surface area contributed by atoms with Crippen LogP contribution < -0.4 is 5.32 Å². The number of hydrogen-bond donors (Lipinski definition) is 2. The molecule has 0 saturated heterocycles. The molecule has 142 valence electrons. The van der Waals surface area contributed by atoms with Gasteiger partial charge in [-0.25, -0.2) is 9.97 Å². The number of carbonyl (C=O) groups excluding carboxylic acids is 1. The van der Waals surface area contributed by atoms with Gasteiger partial charge in [-0.05, 0) is 50.6 Å². The summed E-state index contributed by atoms with van der Waals surface area (Å²) >= 11 is 0. The first kappa shape index (κ1) is 18.0. The van der Waals surface area contributed by atoms with Crippen molar-refractivity contribution in [2.75, 3.05) is 6.54 Å². The first-order valence-electron chi connectivity index (χ1n) is 9.45. The van der Waals surface area contributed by atoms with E-state index in [1.165, 1.54) is 0 Å². The molecule has 4 aromatic rings. The van der Waals surface area contributed by atoms with Crippen molar-refractivity contribution in [2.24, 2.45) is 0 Å². The number of para-hydroxylation sites is 2. The van der Waals surface area contributed by atoms with Gasteiger partial charge in [0, 0.05) is 30.6 Å². The number of nitrogens with zero attached hydrogens (tertiary/aromatic N) is 3. The second-order valence-electron chi connectivity index (χ2n) is 6.87. The van der Waals surface area contributed by atoms with Gasteiger partial charge in [-0.3, -0.25) is 4.79 Å². The van der Waals surface area contributed by atoms with Crippen LogP contribution in [0.25, 0.3) is 16.9 Å². The first-order chi connectivity index (χ1) is 13.6. The number of aromatic amines is 1. The van der Waals surface area contributed by atoms with Crippen molar-refractivity contribution in [1.29, 1.82) is 0 Å². The van der Waals surface area contributed by atoms with Gasteiger partial charge >= 0.3 is 0 Å². The smallest absolute Gasteiger partial charge is 0.253 e. The Morgan fingerprint density at radius 1 is 1.14 bits per heavy atom. The summed E-state index contributed by atoms with van der Waals surface area (Å²) in [5, 5.41) is 3.02. The van der Waals surface area contributed by atoms with Crippen LogP contribution in [0.15, 0.2) is 54.7 Å². The molecule has 6 heteroatoms. The quantitative estimate of drug-likeness (QED) is 0.506. The highest BCUT2D eigenvalue weighted by atomic mass is 16.1. The number of hydrogen-bond acceptors (Lipinski definition) is 3. The van der Waals surface area contributed by atoms with Gasteiger partial charge in [-0.1, -0.05) is 18.2 Å². The number of pyridine rings is 1. The molecule has 0 fully saturated rings. The van der Waals surface area contributed by atoms with Crippen LogP contribution in [0.4, 0.5) is 0 Å². The Hall–Kier alpha value is -3.41. The van der Waals surface area contributed by atoms with Crippen molar-refractivity contribution in [3.63, 3.8) is 0 Å². The average Bonchev–Trinajstić information content (AvgIpc) is 3.25. The Morgan fingerprint density at radius 3 is 2.75 bits per heavy atom. The van der Waals surface area contributed by atoms with E-state index in [0.29, 0.717) is 12.1 Å². The Morgan fingerprint density at radius 2 is 1.96 bits per heavy atom. The second-order valence-corrected chi connectivity index (χ2v) is 6.87. The zero-order chi connectivity index (χ0) is 19.5. The maximum atomic E-state index is 12.6. The van der Waals surface area contributed by atoms with Gasteiger partial charge in [0.15, 0.2) is 0 Å². The third-order valence-electron chi connectivity index (χ3n) is 4.87. The molecule has 1 aromatic carbocycles. The third kappa shape index (κ3) is 3.53. The van der Waals surface area contributed by atoms with Gasteiger partial charge in [0.2, 0.25) is 0 Å². The summed E-state index contributed by atoms with van der Waals surface area (Å²) in [6.07, 6.45) is 3.37. The highest BCUT2D eigenvalue weighted by molar-refractivity contribution is 5.95. The number of carbonyl (C=O) groups is 1. The summed E-state index contributed by atoms with van der Waals surface area (Å²) in [4.78, 5) is 24.9. The van der Waals surface area contributed by atoms with E-state index in [9.17, 15) is 4.79 Å². The van der Waals surface area contributed by atoms with Gasteiger partial charge < -0.3 is 14.9 Å². The number of nitrogens with one attached hydrogen (secondary N) is 2. The molecule has 0 aliphatic rings. The summed E-state index contributed by atoms with van der Waals surface area (Å²) in [6.45, 7) is 4.54. The van der Waals surface area contributed by atoms with Crippen molar-refractivity contribution in [1.82, 2.24) is 24.8 Å². The number of rotatable bonds is 6. The Balaban J connectivity index is 1.37. The minimum absolute atomic E-state index is 0.0557. The largest absolute Gasteiger partial charge is 0.352 e. The maximum absolute atomic E-state index is 12.6. The van der Waals surface area contributed by atoms with Crippen LogP contribution in [0.5, 0.6) is 0 Å². The molecule has 0 atom stereocenters. The number of aryl methyl sites for hydroxylation is 2. The predicted molar refractivity (Wildman–Crippen MR) is 110 cm³/mol. The highest BCUT2D eigenvalue weighted by Gasteiger charge is 2.16. The molecule has 0 unspecified atom stereocenters. The third-order valence-corrected chi connectivity index (χ3v) is 4.87. The molecular formula is C22H23N5O. The fourth-order valence-corrected chi connectivity index (χ4v) is 3.51. The summed E-state index contributed by atoms with van der Waals surface area (Å²) < 4.78 is 2.00. The molecule has 0 radical (unpaired) electrons.